The van der Waals surface area contributed by atoms with Crippen molar-refractivity contribution in [2.75, 3.05) is 13.2 Å². The number of hydrogen-bond donors (Lipinski definition) is 0. The number of ether oxygens (including phenoxy) is 3. The molecule has 10 heterocycles. The van der Waals surface area contributed by atoms with Gasteiger partial charge in [-0.25, -0.2) is 0 Å². The van der Waals surface area contributed by atoms with E-state index in [0.717, 1.165) is 84.6 Å². The van der Waals surface area contributed by atoms with E-state index in [2.05, 4.69) is 120 Å². The lowest BCUT2D eigenvalue weighted by atomic mass is 9.81. The minimum atomic E-state index is 0.416. The van der Waals surface area contributed by atoms with Gasteiger partial charge in [-0.05, 0) is 197 Å². The molecule has 5 aromatic carbocycles. The largest absolute Gasteiger partial charge is 0.494 e. The van der Waals surface area contributed by atoms with Crippen LogP contribution in [-0.2, 0) is 0 Å². The molecule has 0 spiro atoms. The van der Waals surface area contributed by atoms with Gasteiger partial charge in [-0.15, -0.1) is 0 Å². The van der Waals surface area contributed by atoms with Gasteiger partial charge in [0.05, 0.1) is 13.2 Å². The Morgan fingerprint density at radius 2 is 0.679 bits per heavy atom. The summed E-state index contributed by atoms with van der Waals surface area (Å²) < 4.78 is 44.0. The van der Waals surface area contributed by atoms with Crippen molar-refractivity contribution in [3.05, 3.63) is 261 Å². The van der Waals surface area contributed by atoms with Crippen LogP contribution in [0.5, 0.6) is 23.0 Å². The molecule has 106 heavy (non-hydrogen) atoms. The lowest BCUT2D eigenvalue weighted by molar-refractivity contribution is 0.267. The van der Waals surface area contributed by atoms with Crippen molar-refractivity contribution in [2.45, 2.75) is 97.3 Å². The van der Waals surface area contributed by atoms with Crippen molar-refractivity contribution in [3.8, 4) is 125 Å². The topological polar surface area (TPSA) is 287 Å². The molecule has 0 amide bonds. The Bertz CT molecular complexity index is 5090. The quantitative estimate of drug-likeness (QED) is 0.0771. The smallest absolute Gasteiger partial charge is 0.258 e. The van der Waals surface area contributed by atoms with Crippen LogP contribution in [0.25, 0.3) is 102 Å². The van der Waals surface area contributed by atoms with Crippen LogP contribution < -0.4 is 14.2 Å². The van der Waals surface area contributed by atoms with Crippen LogP contribution in [0.1, 0.15) is 108 Å². The van der Waals surface area contributed by atoms with Crippen LogP contribution in [0.2, 0.25) is 0 Å². The first-order chi connectivity index (χ1) is 52.3. The van der Waals surface area contributed by atoms with Gasteiger partial charge < -0.3 is 36.8 Å². The van der Waals surface area contributed by atoms with Crippen molar-refractivity contribution in [3.63, 3.8) is 0 Å². The number of aryl methyl sites for hydroxylation is 1. The highest BCUT2D eigenvalue weighted by atomic mass is 16.5. The predicted octanol–water partition coefficient (Wildman–Crippen LogP) is 19.6. The fraction of sp³-hybridized carbons (Fsp3) is 0.217. The SMILES string of the molecule is CCC1CCC(c2nc(-c3ccncc3)no2)CC1.CCOc1cc(OCC)cc(-c2nc(-c3ccncc3)no2)c1.Cc1cc(-c2ccccc2)cc(-c2nc(-c3ccncc3)no2)c1.c1cc(-c2noc(C3CCCC3)n2)ccn1.c1ccc(Oc2cccc(-c3nc(-c4ccncc4)no3)c2)cc1. The molecule has 2 aliphatic rings. The molecule has 0 bridgehead atoms. The molecule has 17 rings (SSSR count). The molecule has 15 aromatic rings. The molecule has 2 aliphatic carbocycles. The van der Waals surface area contributed by atoms with Crippen molar-refractivity contribution in [1.29, 1.82) is 0 Å². The van der Waals surface area contributed by atoms with E-state index in [-0.39, 0.29) is 0 Å². The highest BCUT2D eigenvalue weighted by molar-refractivity contribution is 5.72. The third-order valence-electron chi connectivity index (χ3n) is 17.6. The Labute approximate surface area is 612 Å². The average Bonchev–Trinajstić information content (AvgIpc) is 1.58. The van der Waals surface area contributed by atoms with Gasteiger partial charge in [0.1, 0.15) is 23.0 Å². The number of rotatable bonds is 18. The first-order valence-electron chi connectivity index (χ1n) is 35.4. The Morgan fingerprint density at radius 1 is 0.311 bits per heavy atom. The number of pyridine rings is 5. The zero-order chi connectivity index (χ0) is 72.5. The lowest BCUT2D eigenvalue weighted by Gasteiger charge is -2.25. The Balaban J connectivity index is 0.000000118. The third kappa shape index (κ3) is 19.4. The number of para-hydroxylation sites is 1. The number of benzene rings is 5. The van der Waals surface area contributed by atoms with Crippen LogP contribution >= 0.6 is 0 Å². The zero-order valence-electron chi connectivity index (χ0n) is 59.1. The van der Waals surface area contributed by atoms with Gasteiger partial charge in [-0.1, -0.05) is 113 Å². The van der Waals surface area contributed by atoms with Crippen LogP contribution in [0.3, 0.4) is 0 Å². The van der Waals surface area contributed by atoms with Crippen LogP contribution in [0.15, 0.2) is 267 Å². The lowest BCUT2D eigenvalue weighted by Crippen LogP contribution is -2.12. The highest BCUT2D eigenvalue weighted by Gasteiger charge is 2.27. The van der Waals surface area contributed by atoms with Crippen molar-refractivity contribution < 1.29 is 36.8 Å². The number of nitrogens with zero attached hydrogens (tertiary/aromatic N) is 15. The predicted molar refractivity (Wildman–Crippen MR) is 399 cm³/mol. The first kappa shape index (κ1) is 71.3. The van der Waals surface area contributed by atoms with Gasteiger partial charge in [0.2, 0.25) is 40.9 Å². The molecule has 23 nitrogen and oxygen atoms in total. The molecule has 0 radical (unpaired) electrons. The van der Waals surface area contributed by atoms with Gasteiger partial charge in [0, 0.05) is 124 Å². The van der Waals surface area contributed by atoms with Crippen LogP contribution in [0.4, 0.5) is 0 Å². The molecule has 0 unspecified atom stereocenters. The van der Waals surface area contributed by atoms with E-state index in [1.165, 1.54) is 57.8 Å². The second-order valence-electron chi connectivity index (χ2n) is 24.9. The minimum Gasteiger partial charge on any atom is -0.494 e. The standard InChI is InChI=1S/C20H15N3O.C19H13N3O2.C17H17N3O3.C15H19N3O.C12H13N3O/c1-14-11-17(15-5-3-2-4-6-15)13-18(12-14)20-22-19(23-24-20)16-7-9-21-10-8-16;1-2-6-16(7-3-1)23-17-8-4-5-15(13-17)19-21-18(22-24-19)14-9-11-20-12-10-14;1-3-21-14-9-13(10-15(11-14)22-4-2)17-19-16(20-23-17)12-5-7-18-8-6-12;1-2-11-3-5-13(6-4-11)15-17-14(18-19-15)12-7-9-16-10-8-12;1-2-4-10(3-1)12-14-11(15-16-12)9-5-7-13-8-6-9/h2-13H,1H3;1-13H;5-11H,3-4H2,1-2H3;7-11,13H,2-6H2,1H3;5-8,10H,1-4H2. The van der Waals surface area contributed by atoms with Crippen molar-refractivity contribution in [2.24, 2.45) is 5.92 Å². The fourth-order valence-electron chi connectivity index (χ4n) is 12.1. The summed E-state index contributed by atoms with van der Waals surface area (Å²) >= 11 is 0. The first-order valence-corrected chi connectivity index (χ1v) is 35.4. The molecule has 0 N–H and O–H groups in total. The third-order valence-corrected chi connectivity index (χ3v) is 17.6. The molecule has 2 fully saturated rings. The monoisotopic (exact) mass is 1410 g/mol. The van der Waals surface area contributed by atoms with Gasteiger partial charge in [0.25, 0.3) is 17.7 Å². The molecule has 0 atom stereocenters. The van der Waals surface area contributed by atoms with E-state index in [0.29, 0.717) is 89.1 Å². The Kier molecular flexibility index (Phi) is 24.4. The summed E-state index contributed by atoms with van der Waals surface area (Å²) in [4.78, 5) is 42.3. The Morgan fingerprint density at radius 3 is 1.12 bits per heavy atom. The minimum absolute atomic E-state index is 0.416. The maximum Gasteiger partial charge on any atom is 0.258 e. The van der Waals surface area contributed by atoms with Crippen LogP contribution in [0, 0.1) is 12.8 Å². The van der Waals surface area contributed by atoms with E-state index in [9.17, 15) is 0 Å². The number of hydrogen-bond acceptors (Lipinski definition) is 23. The molecule has 10 aromatic heterocycles. The molecule has 2 saturated carbocycles. The van der Waals surface area contributed by atoms with Gasteiger partial charge in [0.15, 0.2) is 0 Å². The van der Waals surface area contributed by atoms with E-state index in [1.54, 1.807) is 62.0 Å². The summed E-state index contributed by atoms with van der Waals surface area (Å²) in [6.07, 6.45) is 28.3. The maximum atomic E-state index is 5.83. The summed E-state index contributed by atoms with van der Waals surface area (Å²) in [5, 5.41) is 20.2. The van der Waals surface area contributed by atoms with Gasteiger partial charge >= 0.3 is 0 Å². The average molecular weight is 1410 g/mol. The molecule has 0 saturated heterocycles. The summed E-state index contributed by atoms with van der Waals surface area (Å²) in [5.41, 5.74) is 10.4. The van der Waals surface area contributed by atoms with Crippen molar-refractivity contribution in [1.82, 2.24) is 75.6 Å². The molecular weight excluding hydrogens is 1340 g/mol. The fourth-order valence-corrected chi connectivity index (χ4v) is 12.1. The highest BCUT2D eigenvalue weighted by Crippen LogP contribution is 2.38. The van der Waals surface area contributed by atoms with E-state index in [4.69, 9.17) is 36.8 Å². The molecule has 0 aliphatic heterocycles. The summed E-state index contributed by atoms with van der Waals surface area (Å²) in [6.45, 7) is 9.35. The van der Waals surface area contributed by atoms with Gasteiger partial charge in [-0.3, -0.25) is 24.9 Å². The van der Waals surface area contributed by atoms with Crippen molar-refractivity contribution >= 4 is 0 Å². The Hall–Kier alpha value is -13.1. The molecule has 532 valence electrons. The van der Waals surface area contributed by atoms with E-state index in [1.807, 2.05) is 166 Å². The van der Waals surface area contributed by atoms with Gasteiger partial charge in [-0.2, -0.15) is 24.9 Å². The maximum absolute atomic E-state index is 5.83. The normalized spacial score (nSPS) is 13.8. The molecule has 23 heteroatoms. The summed E-state index contributed by atoms with van der Waals surface area (Å²) in [7, 11) is 0. The van der Waals surface area contributed by atoms with E-state index >= 15 is 0 Å². The molecular formula is C83H77N15O8. The summed E-state index contributed by atoms with van der Waals surface area (Å²) in [6, 6.07) is 57.9. The zero-order valence-corrected chi connectivity index (χ0v) is 59.1. The van der Waals surface area contributed by atoms with Crippen LogP contribution in [-0.4, -0.2) is 88.8 Å². The van der Waals surface area contributed by atoms with E-state index < -0.39 is 0 Å². The number of aromatic nitrogens is 15. The summed E-state index contributed by atoms with van der Waals surface area (Å²) in [5.74, 6) is 10.6. The second kappa shape index (κ2) is 36.2. The second-order valence-corrected chi connectivity index (χ2v) is 24.9.